The Balaban J connectivity index is 2.13. The van der Waals surface area contributed by atoms with Crippen LogP contribution in [0.2, 0.25) is 0 Å². The maximum absolute atomic E-state index is 13.7. The Morgan fingerprint density at radius 2 is 1.32 bits per heavy atom. The number of rotatable bonds is 0. The summed E-state index contributed by atoms with van der Waals surface area (Å²) in [5.41, 5.74) is 1.80. The molecule has 0 bridgehead atoms. The smallest absolute Gasteiger partial charge is 0.131 e. The first-order valence-electron chi connectivity index (χ1n) is 6.09. The Morgan fingerprint density at radius 1 is 0.632 bits per heavy atom. The molecule has 90 valence electrons. The molecule has 0 amide bonds. The third kappa shape index (κ3) is 2.34. The van der Waals surface area contributed by atoms with Crippen molar-refractivity contribution in [2.24, 2.45) is 0 Å². The van der Waals surface area contributed by atoms with Crippen molar-refractivity contribution in [3.8, 4) is 11.8 Å². The summed E-state index contributed by atoms with van der Waals surface area (Å²) in [6, 6.07) is 20.4. The molecule has 0 radical (unpaired) electrons. The van der Waals surface area contributed by atoms with E-state index in [0.717, 1.165) is 16.5 Å². The SMILES string of the molecule is Fc1ccc(C#Cc2ccccc2)c2ccccc12. The fourth-order valence-electron chi connectivity index (χ4n) is 2.03. The zero-order chi connectivity index (χ0) is 13.1. The molecule has 0 aliphatic carbocycles. The summed E-state index contributed by atoms with van der Waals surface area (Å²) in [5.74, 6) is 6.01. The summed E-state index contributed by atoms with van der Waals surface area (Å²) >= 11 is 0. The Hall–Kier alpha value is -2.59. The van der Waals surface area contributed by atoms with Gasteiger partial charge in [-0.05, 0) is 24.3 Å². The van der Waals surface area contributed by atoms with Crippen molar-refractivity contribution in [2.75, 3.05) is 0 Å². The average molecular weight is 246 g/mol. The van der Waals surface area contributed by atoms with Gasteiger partial charge < -0.3 is 0 Å². The van der Waals surface area contributed by atoms with Crippen LogP contribution in [-0.4, -0.2) is 0 Å². The summed E-state index contributed by atoms with van der Waals surface area (Å²) in [6.45, 7) is 0. The predicted octanol–water partition coefficient (Wildman–Crippen LogP) is 4.38. The second kappa shape index (κ2) is 4.96. The van der Waals surface area contributed by atoms with E-state index < -0.39 is 0 Å². The minimum atomic E-state index is -0.208. The van der Waals surface area contributed by atoms with Crippen LogP contribution in [0.4, 0.5) is 4.39 Å². The first kappa shape index (κ1) is 11.5. The first-order valence-corrected chi connectivity index (χ1v) is 6.09. The van der Waals surface area contributed by atoms with E-state index in [1.54, 1.807) is 12.1 Å². The highest BCUT2D eigenvalue weighted by atomic mass is 19.1. The molecule has 19 heavy (non-hydrogen) atoms. The third-order valence-corrected chi connectivity index (χ3v) is 2.99. The molecule has 3 aromatic rings. The van der Waals surface area contributed by atoms with Crippen LogP contribution < -0.4 is 0 Å². The summed E-state index contributed by atoms with van der Waals surface area (Å²) in [4.78, 5) is 0. The van der Waals surface area contributed by atoms with Gasteiger partial charge in [0.15, 0.2) is 0 Å². The maximum Gasteiger partial charge on any atom is 0.131 e. The van der Waals surface area contributed by atoms with Crippen LogP contribution in [0.5, 0.6) is 0 Å². The average Bonchev–Trinajstić information content (AvgIpc) is 2.48. The molecule has 0 saturated carbocycles. The minimum Gasteiger partial charge on any atom is -0.206 e. The van der Waals surface area contributed by atoms with E-state index in [1.165, 1.54) is 6.07 Å². The molecule has 0 N–H and O–H groups in total. The fourth-order valence-corrected chi connectivity index (χ4v) is 2.03. The van der Waals surface area contributed by atoms with Crippen LogP contribution in [0, 0.1) is 17.7 Å². The van der Waals surface area contributed by atoms with Gasteiger partial charge in [-0.15, -0.1) is 0 Å². The lowest BCUT2D eigenvalue weighted by Gasteiger charge is -2.01. The molecule has 0 nitrogen and oxygen atoms in total. The first-order chi connectivity index (χ1) is 9.34. The van der Waals surface area contributed by atoms with Crippen molar-refractivity contribution < 1.29 is 4.39 Å². The maximum atomic E-state index is 13.7. The molecule has 1 heteroatoms. The topological polar surface area (TPSA) is 0 Å². The molecule has 0 fully saturated rings. The van der Waals surface area contributed by atoms with E-state index in [1.807, 2.05) is 48.5 Å². The highest BCUT2D eigenvalue weighted by Gasteiger charge is 2.02. The van der Waals surface area contributed by atoms with Gasteiger partial charge in [0, 0.05) is 21.9 Å². The van der Waals surface area contributed by atoms with Crippen LogP contribution in [0.1, 0.15) is 11.1 Å². The van der Waals surface area contributed by atoms with Crippen LogP contribution in [-0.2, 0) is 0 Å². The second-order valence-corrected chi connectivity index (χ2v) is 4.26. The monoisotopic (exact) mass is 246 g/mol. The van der Waals surface area contributed by atoms with Crippen LogP contribution in [0.15, 0.2) is 66.7 Å². The Bertz CT molecular complexity index is 777. The molecule has 0 aliphatic heterocycles. The molecule has 0 saturated heterocycles. The van der Waals surface area contributed by atoms with Gasteiger partial charge in [-0.2, -0.15) is 0 Å². The number of fused-ring (bicyclic) bond motifs is 1. The van der Waals surface area contributed by atoms with Gasteiger partial charge in [-0.25, -0.2) is 4.39 Å². The van der Waals surface area contributed by atoms with Crippen LogP contribution in [0.25, 0.3) is 10.8 Å². The fraction of sp³-hybridized carbons (Fsp3) is 0. The quantitative estimate of drug-likeness (QED) is 0.516. The van der Waals surface area contributed by atoms with Crippen molar-refractivity contribution >= 4 is 10.8 Å². The van der Waals surface area contributed by atoms with Gasteiger partial charge in [0.05, 0.1) is 0 Å². The van der Waals surface area contributed by atoms with Crippen molar-refractivity contribution in [3.63, 3.8) is 0 Å². The largest absolute Gasteiger partial charge is 0.206 e. The molecule has 0 heterocycles. The number of halogens is 1. The predicted molar refractivity (Wildman–Crippen MR) is 76.3 cm³/mol. The molecule has 0 aliphatic rings. The number of benzene rings is 3. The van der Waals surface area contributed by atoms with E-state index in [0.29, 0.717) is 5.39 Å². The highest BCUT2D eigenvalue weighted by molar-refractivity contribution is 5.88. The Morgan fingerprint density at radius 3 is 2.11 bits per heavy atom. The van der Waals surface area contributed by atoms with E-state index in [2.05, 4.69) is 11.8 Å². The number of hydrogen-bond donors (Lipinski definition) is 0. The summed E-state index contributed by atoms with van der Waals surface area (Å²) in [5, 5.41) is 1.47. The normalized spacial score (nSPS) is 9.95. The lowest BCUT2D eigenvalue weighted by atomic mass is 10.0. The number of hydrogen-bond acceptors (Lipinski definition) is 0. The molecule has 0 atom stereocenters. The van der Waals surface area contributed by atoms with Gasteiger partial charge in [-0.1, -0.05) is 54.3 Å². The Kier molecular flexibility index (Phi) is 3.00. The van der Waals surface area contributed by atoms with Gasteiger partial charge in [0.1, 0.15) is 5.82 Å². The summed E-state index contributed by atoms with van der Waals surface area (Å²) in [6.07, 6.45) is 0. The molecule has 0 spiro atoms. The van der Waals surface area contributed by atoms with E-state index in [-0.39, 0.29) is 5.82 Å². The zero-order valence-electron chi connectivity index (χ0n) is 10.2. The lowest BCUT2D eigenvalue weighted by molar-refractivity contribution is 0.640. The van der Waals surface area contributed by atoms with Gasteiger partial charge in [-0.3, -0.25) is 0 Å². The molecule has 3 rings (SSSR count). The van der Waals surface area contributed by atoms with Crippen LogP contribution in [0.3, 0.4) is 0 Å². The summed E-state index contributed by atoms with van der Waals surface area (Å²) < 4.78 is 13.7. The van der Waals surface area contributed by atoms with Crippen LogP contribution >= 0.6 is 0 Å². The molecular weight excluding hydrogens is 235 g/mol. The molecule has 0 unspecified atom stereocenters. The molecule has 0 aromatic heterocycles. The molecule has 3 aromatic carbocycles. The van der Waals surface area contributed by atoms with Gasteiger partial charge in [0.2, 0.25) is 0 Å². The van der Waals surface area contributed by atoms with Crippen molar-refractivity contribution in [2.45, 2.75) is 0 Å². The zero-order valence-corrected chi connectivity index (χ0v) is 10.2. The van der Waals surface area contributed by atoms with E-state index in [4.69, 9.17) is 0 Å². The minimum absolute atomic E-state index is 0.208. The third-order valence-electron chi connectivity index (χ3n) is 2.99. The van der Waals surface area contributed by atoms with E-state index >= 15 is 0 Å². The van der Waals surface area contributed by atoms with Crippen molar-refractivity contribution in [1.29, 1.82) is 0 Å². The highest BCUT2D eigenvalue weighted by Crippen LogP contribution is 2.21. The Labute approximate surface area is 111 Å². The van der Waals surface area contributed by atoms with Gasteiger partial charge in [0.25, 0.3) is 0 Å². The second-order valence-electron chi connectivity index (χ2n) is 4.26. The van der Waals surface area contributed by atoms with Gasteiger partial charge >= 0.3 is 0 Å². The van der Waals surface area contributed by atoms with Crippen molar-refractivity contribution in [3.05, 3.63) is 83.7 Å². The lowest BCUT2D eigenvalue weighted by Crippen LogP contribution is -1.84. The summed E-state index contributed by atoms with van der Waals surface area (Å²) in [7, 11) is 0. The van der Waals surface area contributed by atoms with E-state index in [9.17, 15) is 4.39 Å². The standard InChI is InChI=1S/C18H11F/c19-18-13-12-15(16-8-4-5-9-17(16)18)11-10-14-6-2-1-3-7-14/h1-9,12-13H. The molecular formula is C18H11F. The van der Waals surface area contributed by atoms with Crippen molar-refractivity contribution in [1.82, 2.24) is 0 Å².